The van der Waals surface area contributed by atoms with Crippen LogP contribution in [0.25, 0.3) is 10.6 Å². The monoisotopic (exact) mass is 470 g/mol. The van der Waals surface area contributed by atoms with Crippen LogP contribution in [0.2, 0.25) is 5.02 Å². The van der Waals surface area contributed by atoms with Crippen LogP contribution in [0.4, 0.5) is 14.9 Å². The highest BCUT2D eigenvalue weighted by molar-refractivity contribution is 7.21. The molecule has 4 heterocycles. The van der Waals surface area contributed by atoms with Crippen LogP contribution in [0, 0.1) is 0 Å². The maximum atomic E-state index is 12.5. The van der Waals surface area contributed by atoms with Gasteiger partial charge in [-0.3, -0.25) is 4.79 Å². The Bertz CT molecular complexity index is 908. The topological polar surface area (TPSA) is 74.8 Å². The van der Waals surface area contributed by atoms with E-state index in [9.17, 15) is 9.59 Å². The lowest BCUT2D eigenvalue weighted by molar-refractivity contribution is -0.105. The number of nitrogens with one attached hydrogen (secondary N) is 1. The van der Waals surface area contributed by atoms with Crippen molar-refractivity contribution in [1.82, 2.24) is 9.88 Å². The summed E-state index contributed by atoms with van der Waals surface area (Å²) in [6.45, 7) is 11.0. The quantitative estimate of drug-likeness (QED) is 0.612. The number of amides is 2. The predicted octanol–water partition coefficient (Wildman–Crippen LogP) is 5.32. The molecule has 2 aromatic rings. The maximum absolute atomic E-state index is 12.5. The van der Waals surface area contributed by atoms with Gasteiger partial charge in [-0.05, 0) is 33.3 Å². The summed E-state index contributed by atoms with van der Waals surface area (Å²) in [6.07, 6.45) is 1.28. The van der Waals surface area contributed by atoms with Crippen LogP contribution < -0.4 is 10.2 Å². The minimum Gasteiger partial charge on any atom is -0.444 e. The number of ether oxygens (including phenoxy) is 1. The molecule has 0 aromatic carbocycles. The van der Waals surface area contributed by atoms with Crippen LogP contribution >= 0.6 is 34.3 Å². The first-order valence-electron chi connectivity index (χ1n) is 9.97. The number of likely N-dealkylation sites (tertiary alicyclic amines) is 1. The van der Waals surface area contributed by atoms with Crippen molar-refractivity contribution in [2.24, 2.45) is 0 Å². The Morgan fingerprint density at radius 1 is 1.33 bits per heavy atom. The number of nitrogens with zero attached hydrogens (tertiary/aromatic N) is 3. The van der Waals surface area contributed by atoms with Crippen LogP contribution in [0.3, 0.4) is 0 Å². The van der Waals surface area contributed by atoms with E-state index in [1.807, 2.05) is 51.0 Å². The van der Waals surface area contributed by atoms with Crippen molar-refractivity contribution in [1.29, 1.82) is 0 Å². The standard InChI is InChI=1S/C18H21ClN4O3S2.C2H6/c1-18(2,3)26-17(25)23-7-11-5-12(23)6-22(11)15-14(13-4-10(19)8-27-13)21-16(28-15)20-9-24;1-2/h4,8-9,11-12H,5-7H2,1-3H3,(H,20,21,24);1-2H3. The third-order valence-electron chi connectivity index (χ3n) is 4.72. The summed E-state index contributed by atoms with van der Waals surface area (Å²) in [6, 6.07) is 2.21. The lowest BCUT2D eigenvalue weighted by Gasteiger charge is -2.35. The molecule has 0 saturated carbocycles. The highest BCUT2D eigenvalue weighted by atomic mass is 35.5. The maximum Gasteiger partial charge on any atom is 0.410 e. The molecule has 2 aromatic heterocycles. The van der Waals surface area contributed by atoms with E-state index in [1.165, 1.54) is 22.7 Å². The Morgan fingerprint density at radius 2 is 2.07 bits per heavy atom. The van der Waals surface area contributed by atoms with Crippen LogP contribution in [0.15, 0.2) is 11.4 Å². The summed E-state index contributed by atoms with van der Waals surface area (Å²) < 4.78 is 5.54. The Balaban J connectivity index is 0.00000124. The van der Waals surface area contributed by atoms with Crippen LogP contribution in [-0.2, 0) is 9.53 Å². The van der Waals surface area contributed by atoms with E-state index in [4.69, 9.17) is 16.3 Å². The van der Waals surface area contributed by atoms with Crippen LogP contribution in [0.5, 0.6) is 0 Å². The molecule has 0 spiro atoms. The van der Waals surface area contributed by atoms with E-state index in [2.05, 4.69) is 15.2 Å². The first-order valence-corrected chi connectivity index (χ1v) is 12.0. The van der Waals surface area contributed by atoms with Gasteiger partial charge in [-0.2, -0.15) is 0 Å². The van der Waals surface area contributed by atoms with Gasteiger partial charge in [0.1, 0.15) is 16.3 Å². The fourth-order valence-corrected chi connectivity index (χ4v) is 5.83. The first-order chi connectivity index (χ1) is 14.2. The Morgan fingerprint density at radius 3 is 2.60 bits per heavy atom. The first kappa shape index (κ1) is 22.8. The number of thiazole rings is 1. The van der Waals surface area contributed by atoms with Gasteiger partial charge in [-0.25, -0.2) is 9.78 Å². The van der Waals surface area contributed by atoms with Gasteiger partial charge in [0.15, 0.2) is 5.13 Å². The summed E-state index contributed by atoms with van der Waals surface area (Å²) in [4.78, 5) is 33.1. The highest BCUT2D eigenvalue weighted by Gasteiger charge is 2.47. The van der Waals surface area contributed by atoms with E-state index < -0.39 is 5.60 Å². The summed E-state index contributed by atoms with van der Waals surface area (Å²) in [5.74, 6) is 0. The molecular weight excluding hydrogens is 444 g/mol. The number of rotatable bonds is 4. The number of fused-ring (bicyclic) bond motifs is 2. The third kappa shape index (κ3) is 4.73. The average Bonchev–Trinajstić information content (AvgIpc) is 3.44. The van der Waals surface area contributed by atoms with Gasteiger partial charge in [-0.1, -0.05) is 36.8 Å². The Kier molecular flexibility index (Phi) is 6.94. The number of hydrogen-bond donors (Lipinski definition) is 1. The predicted molar refractivity (Wildman–Crippen MR) is 124 cm³/mol. The zero-order valence-electron chi connectivity index (χ0n) is 17.8. The van der Waals surface area contributed by atoms with Crippen molar-refractivity contribution in [2.75, 3.05) is 23.3 Å². The molecule has 10 heteroatoms. The Hall–Kier alpha value is -1.84. The molecule has 2 unspecified atom stereocenters. The van der Waals surface area contributed by atoms with Crippen molar-refractivity contribution < 1.29 is 14.3 Å². The lowest BCUT2D eigenvalue weighted by atomic mass is 10.2. The van der Waals surface area contributed by atoms with Gasteiger partial charge in [0, 0.05) is 24.5 Å². The number of carbonyl (C=O) groups excluding carboxylic acids is 2. The molecule has 164 valence electrons. The number of hydrogen-bond acceptors (Lipinski definition) is 7. The van der Waals surface area contributed by atoms with E-state index >= 15 is 0 Å². The second-order valence-electron chi connectivity index (χ2n) is 7.89. The summed E-state index contributed by atoms with van der Waals surface area (Å²) in [5, 5.41) is 6.74. The number of carbonyl (C=O) groups is 2. The summed E-state index contributed by atoms with van der Waals surface area (Å²) >= 11 is 9.07. The second kappa shape index (κ2) is 9.11. The smallest absolute Gasteiger partial charge is 0.410 e. The third-order valence-corrected chi connectivity index (χ3v) is 7.03. The second-order valence-corrected chi connectivity index (χ2v) is 10.2. The molecule has 2 aliphatic rings. The minimum absolute atomic E-state index is 0.115. The molecule has 0 aliphatic carbocycles. The van der Waals surface area contributed by atoms with E-state index in [0.29, 0.717) is 23.1 Å². The van der Waals surface area contributed by atoms with Gasteiger partial charge in [0.2, 0.25) is 6.41 Å². The number of halogens is 1. The molecule has 2 atom stereocenters. The van der Waals surface area contributed by atoms with Crippen LogP contribution in [0.1, 0.15) is 41.0 Å². The largest absolute Gasteiger partial charge is 0.444 e. The van der Waals surface area contributed by atoms with Gasteiger partial charge < -0.3 is 19.9 Å². The molecule has 30 heavy (non-hydrogen) atoms. The molecule has 1 N–H and O–H groups in total. The fourth-order valence-electron chi connectivity index (χ4n) is 3.68. The molecule has 2 fully saturated rings. The number of piperazine rings is 1. The van der Waals surface area contributed by atoms with E-state index in [1.54, 1.807) is 0 Å². The molecule has 0 radical (unpaired) electrons. The number of thiophene rings is 1. The number of anilines is 2. The molecule has 2 bridgehead atoms. The molecule has 2 saturated heterocycles. The average molecular weight is 471 g/mol. The highest BCUT2D eigenvalue weighted by Crippen LogP contribution is 2.46. The molecule has 4 rings (SSSR count). The van der Waals surface area contributed by atoms with Crippen molar-refractivity contribution in [3.63, 3.8) is 0 Å². The normalized spacial score (nSPS) is 20.1. The van der Waals surface area contributed by atoms with Crippen molar-refractivity contribution in [3.8, 4) is 10.6 Å². The van der Waals surface area contributed by atoms with Crippen LogP contribution in [-0.4, -0.2) is 53.2 Å². The molecule has 7 nitrogen and oxygen atoms in total. The number of aromatic nitrogens is 1. The zero-order valence-corrected chi connectivity index (χ0v) is 20.2. The van der Waals surface area contributed by atoms with E-state index in [0.717, 1.165) is 28.5 Å². The van der Waals surface area contributed by atoms with Crippen molar-refractivity contribution >= 4 is 56.9 Å². The Labute approximate surface area is 190 Å². The SMILES string of the molecule is CC.CC(C)(C)OC(=O)N1CC2CC1CN2c1sc(NC=O)nc1-c1cc(Cl)cs1. The summed E-state index contributed by atoms with van der Waals surface area (Å²) in [7, 11) is 0. The summed E-state index contributed by atoms with van der Waals surface area (Å²) in [5.41, 5.74) is 0.319. The van der Waals surface area contributed by atoms with Gasteiger partial charge in [0.05, 0.1) is 15.9 Å². The lowest BCUT2D eigenvalue weighted by Crippen LogP contribution is -2.50. The minimum atomic E-state index is -0.503. The van der Waals surface area contributed by atoms with Crippen molar-refractivity contribution in [3.05, 3.63) is 16.5 Å². The molecule has 2 amide bonds. The fraction of sp³-hybridized carbons (Fsp3) is 0.550. The van der Waals surface area contributed by atoms with E-state index in [-0.39, 0.29) is 18.2 Å². The van der Waals surface area contributed by atoms with Gasteiger partial charge in [0.25, 0.3) is 0 Å². The molecular formula is C20H27ClN4O3S2. The van der Waals surface area contributed by atoms with Crippen molar-refractivity contribution in [2.45, 2.75) is 58.7 Å². The van der Waals surface area contributed by atoms with Gasteiger partial charge >= 0.3 is 6.09 Å². The van der Waals surface area contributed by atoms with Gasteiger partial charge in [-0.15, -0.1) is 11.3 Å². The molecule has 2 aliphatic heterocycles. The zero-order chi connectivity index (χ0) is 22.1.